The number of fused-ring (bicyclic) bond motifs is 5. The molecule has 3 aliphatic rings. The highest BCUT2D eigenvalue weighted by Crippen LogP contribution is 2.59. The van der Waals surface area contributed by atoms with Crippen molar-refractivity contribution in [1.29, 1.82) is 0 Å². The molecule has 3 heteroatoms. The Bertz CT molecular complexity index is 624. The number of ketones is 1. The monoisotopic (exact) mass is 396 g/mol. The normalized spacial score (nSPS) is 37.8. The predicted molar refractivity (Wildman–Crippen MR) is 90.4 cm³/mol. The highest BCUT2D eigenvalue weighted by Gasteiger charge is 2.54. The van der Waals surface area contributed by atoms with Crippen molar-refractivity contribution < 1.29 is 9.90 Å². The van der Waals surface area contributed by atoms with Gasteiger partial charge in [-0.1, -0.05) is 6.92 Å². The van der Waals surface area contributed by atoms with E-state index in [0.717, 1.165) is 35.7 Å². The molecular formula is C18H21IO2. The van der Waals surface area contributed by atoms with Crippen molar-refractivity contribution in [2.24, 2.45) is 17.3 Å². The molecule has 1 aromatic rings. The number of Topliss-reactive ketones (excluding diaryl/α,β-unsaturated/α-hetero) is 1. The number of carbonyl (C=O) groups excluding carboxylic acids is 1. The fraction of sp³-hybridized carbons (Fsp3) is 0.611. The number of phenolic OH excluding ortho intramolecular Hbond substituents is 1. The second-order valence-corrected chi connectivity index (χ2v) is 8.50. The van der Waals surface area contributed by atoms with E-state index in [1.165, 1.54) is 17.5 Å². The predicted octanol–water partition coefficient (Wildman–Crippen LogP) is 4.42. The first-order chi connectivity index (χ1) is 10.0. The largest absolute Gasteiger partial charge is 0.507 e. The summed E-state index contributed by atoms with van der Waals surface area (Å²) in [4.78, 5) is 12.3. The Morgan fingerprint density at radius 1 is 1.24 bits per heavy atom. The number of carbonyl (C=O) groups is 1. The molecule has 0 amide bonds. The van der Waals surface area contributed by atoms with E-state index < -0.39 is 0 Å². The summed E-state index contributed by atoms with van der Waals surface area (Å²) in [6.45, 7) is 2.22. The van der Waals surface area contributed by atoms with Gasteiger partial charge in [0.2, 0.25) is 0 Å². The number of hydrogen-bond acceptors (Lipinski definition) is 2. The van der Waals surface area contributed by atoms with Crippen LogP contribution in [-0.2, 0) is 11.2 Å². The molecule has 3 aliphatic carbocycles. The smallest absolute Gasteiger partial charge is 0.139 e. The Hall–Kier alpha value is -0.580. The highest BCUT2D eigenvalue weighted by atomic mass is 127. The van der Waals surface area contributed by atoms with Gasteiger partial charge in [0.05, 0.1) is 3.57 Å². The van der Waals surface area contributed by atoms with Crippen LogP contribution in [0.3, 0.4) is 0 Å². The second-order valence-electron chi connectivity index (χ2n) is 7.34. The van der Waals surface area contributed by atoms with Crippen molar-refractivity contribution in [3.8, 4) is 5.75 Å². The van der Waals surface area contributed by atoms with E-state index in [-0.39, 0.29) is 5.41 Å². The van der Waals surface area contributed by atoms with E-state index in [9.17, 15) is 9.90 Å². The Morgan fingerprint density at radius 3 is 2.86 bits per heavy atom. The standard InChI is InChI=1S/C18H21IO2/c1-18-7-6-11-12(14(18)4-5-17(18)21)3-2-10-8-16(20)15(19)9-13(10)11/h8-9,11-12,14,20H,2-7H2,1H3/t11-,12+,14-,18-/m0/s1. The second kappa shape index (κ2) is 4.71. The van der Waals surface area contributed by atoms with Crippen LogP contribution in [0.4, 0.5) is 0 Å². The molecule has 4 rings (SSSR count). The fourth-order valence-electron chi connectivity index (χ4n) is 5.35. The molecule has 0 aliphatic heterocycles. The lowest BCUT2D eigenvalue weighted by atomic mass is 9.55. The van der Waals surface area contributed by atoms with Crippen molar-refractivity contribution in [1.82, 2.24) is 0 Å². The Balaban J connectivity index is 1.75. The molecule has 0 heterocycles. The number of hydrogen-bond donors (Lipinski definition) is 1. The molecule has 0 aromatic heterocycles. The summed E-state index contributed by atoms with van der Waals surface area (Å²) in [5, 5.41) is 9.95. The van der Waals surface area contributed by atoms with Crippen LogP contribution in [0.2, 0.25) is 0 Å². The molecule has 1 aromatic carbocycles. The first-order valence-electron chi connectivity index (χ1n) is 8.05. The number of rotatable bonds is 0. The zero-order valence-corrected chi connectivity index (χ0v) is 14.5. The highest BCUT2D eigenvalue weighted by molar-refractivity contribution is 14.1. The van der Waals surface area contributed by atoms with Gasteiger partial charge in [-0.25, -0.2) is 0 Å². The molecular weight excluding hydrogens is 375 g/mol. The van der Waals surface area contributed by atoms with Crippen LogP contribution in [0.5, 0.6) is 5.75 Å². The topological polar surface area (TPSA) is 37.3 Å². The summed E-state index contributed by atoms with van der Waals surface area (Å²) in [5.74, 6) is 2.79. The van der Waals surface area contributed by atoms with Gasteiger partial charge in [0, 0.05) is 11.8 Å². The van der Waals surface area contributed by atoms with Gasteiger partial charge in [0.25, 0.3) is 0 Å². The van der Waals surface area contributed by atoms with Crippen LogP contribution in [0, 0.1) is 20.8 Å². The van der Waals surface area contributed by atoms with E-state index >= 15 is 0 Å². The first kappa shape index (κ1) is 14.0. The average molecular weight is 396 g/mol. The van der Waals surface area contributed by atoms with Crippen molar-refractivity contribution in [2.75, 3.05) is 0 Å². The summed E-state index contributed by atoms with van der Waals surface area (Å²) in [6, 6.07) is 4.17. The third-order valence-electron chi connectivity index (χ3n) is 6.50. The van der Waals surface area contributed by atoms with Crippen molar-refractivity contribution in [3.63, 3.8) is 0 Å². The molecule has 112 valence electrons. The SMILES string of the molecule is C[C@]12CC[C@@H]3c4cc(I)c(O)cc4CC[C@H]3[C@@H]1CCC2=O. The molecule has 0 saturated heterocycles. The Kier molecular flexibility index (Phi) is 3.15. The number of benzene rings is 1. The molecule has 21 heavy (non-hydrogen) atoms. The molecule has 2 saturated carbocycles. The number of phenols is 1. The van der Waals surface area contributed by atoms with Crippen molar-refractivity contribution in [3.05, 3.63) is 26.8 Å². The summed E-state index contributed by atoms with van der Waals surface area (Å²) in [6.07, 6.45) is 6.32. The van der Waals surface area contributed by atoms with Crippen LogP contribution < -0.4 is 0 Å². The van der Waals surface area contributed by atoms with Crippen LogP contribution in [0.1, 0.15) is 56.1 Å². The van der Waals surface area contributed by atoms with Gasteiger partial charge in [-0.2, -0.15) is 0 Å². The first-order valence-corrected chi connectivity index (χ1v) is 9.13. The maximum atomic E-state index is 12.3. The summed E-state index contributed by atoms with van der Waals surface area (Å²) >= 11 is 2.23. The van der Waals surface area contributed by atoms with Gasteiger partial charge in [0.15, 0.2) is 0 Å². The molecule has 0 unspecified atom stereocenters. The van der Waals surface area contributed by atoms with Crippen LogP contribution in [0.25, 0.3) is 0 Å². The van der Waals surface area contributed by atoms with Gasteiger partial charge < -0.3 is 5.11 Å². The molecule has 1 N–H and O–H groups in total. The Labute approximate surface area is 139 Å². The van der Waals surface area contributed by atoms with Gasteiger partial charge >= 0.3 is 0 Å². The zero-order valence-electron chi connectivity index (χ0n) is 12.4. The lowest BCUT2D eigenvalue weighted by Gasteiger charge is -2.48. The van der Waals surface area contributed by atoms with E-state index in [4.69, 9.17) is 0 Å². The third kappa shape index (κ3) is 1.92. The fourth-order valence-corrected chi connectivity index (χ4v) is 5.84. The Morgan fingerprint density at radius 2 is 2.05 bits per heavy atom. The van der Waals surface area contributed by atoms with Crippen LogP contribution in [-0.4, -0.2) is 10.9 Å². The minimum atomic E-state index is -0.0389. The average Bonchev–Trinajstić information content (AvgIpc) is 2.76. The number of aryl methyl sites for hydroxylation is 1. The van der Waals surface area contributed by atoms with Gasteiger partial charge in [-0.3, -0.25) is 4.79 Å². The maximum Gasteiger partial charge on any atom is 0.139 e. The third-order valence-corrected chi connectivity index (χ3v) is 7.37. The molecule has 2 fully saturated rings. The van der Waals surface area contributed by atoms with Crippen LogP contribution >= 0.6 is 22.6 Å². The minimum absolute atomic E-state index is 0.0389. The lowest BCUT2D eigenvalue weighted by Crippen LogP contribution is -2.42. The molecule has 0 spiro atoms. The lowest BCUT2D eigenvalue weighted by molar-refractivity contribution is -0.129. The van der Waals surface area contributed by atoms with Gasteiger partial charge in [0.1, 0.15) is 11.5 Å². The summed E-state index contributed by atoms with van der Waals surface area (Å²) in [5.41, 5.74) is 2.75. The number of halogens is 1. The van der Waals surface area contributed by atoms with Gasteiger partial charge in [-0.15, -0.1) is 0 Å². The van der Waals surface area contributed by atoms with Crippen LogP contribution in [0.15, 0.2) is 12.1 Å². The van der Waals surface area contributed by atoms with Gasteiger partial charge in [-0.05, 0) is 95.7 Å². The number of aromatic hydroxyl groups is 1. The molecule has 4 atom stereocenters. The van der Waals surface area contributed by atoms with Crippen molar-refractivity contribution >= 4 is 28.4 Å². The van der Waals surface area contributed by atoms with E-state index in [2.05, 4.69) is 35.6 Å². The van der Waals surface area contributed by atoms with E-state index in [1.807, 2.05) is 6.07 Å². The molecule has 2 nitrogen and oxygen atoms in total. The van der Waals surface area contributed by atoms with E-state index in [1.54, 1.807) is 0 Å². The molecule has 0 radical (unpaired) electrons. The van der Waals surface area contributed by atoms with Crippen molar-refractivity contribution in [2.45, 2.75) is 51.4 Å². The summed E-state index contributed by atoms with van der Waals surface area (Å²) in [7, 11) is 0. The van der Waals surface area contributed by atoms with E-state index in [0.29, 0.717) is 29.3 Å². The maximum absolute atomic E-state index is 12.3. The minimum Gasteiger partial charge on any atom is -0.507 e. The quantitative estimate of drug-likeness (QED) is 0.660. The molecule has 0 bridgehead atoms. The zero-order chi connectivity index (χ0) is 14.8. The summed E-state index contributed by atoms with van der Waals surface area (Å²) < 4.78 is 0.961.